The zero-order valence-corrected chi connectivity index (χ0v) is 13.8. The summed E-state index contributed by atoms with van der Waals surface area (Å²) in [5.41, 5.74) is 4.49. The van der Waals surface area contributed by atoms with Crippen molar-refractivity contribution >= 4 is 22.9 Å². The molecule has 4 aromatic rings. The number of carbonyl (C=O) groups is 1. The molecule has 1 aromatic carbocycles. The first kappa shape index (κ1) is 15.9. The molecule has 0 bridgehead atoms. The Morgan fingerprint density at radius 2 is 1.81 bits per heavy atom. The zero-order chi connectivity index (χ0) is 18.1. The number of aromatic amines is 1. The smallest absolute Gasteiger partial charge is 0.222 e. The summed E-state index contributed by atoms with van der Waals surface area (Å²) in [5.74, 6) is -0.172. The van der Waals surface area contributed by atoms with Gasteiger partial charge in [-0.2, -0.15) is 0 Å². The number of hydrogen-bond acceptors (Lipinski definition) is 4. The number of nitrogens with one attached hydrogen (secondary N) is 2. The lowest BCUT2D eigenvalue weighted by atomic mass is 10.0. The third-order valence-corrected chi connectivity index (χ3v) is 3.91. The summed E-state index contributed by atoms with van der Waals surface area (Å²) < 4.78 is 13.4. The van der Waals surface area contributed by atoms with Crippen LogP contribution in [0.3, 0.4) is 0 Å². The number of nitrogens with zero attached hydrogens (tertiary/aromatic N) is 3. The van der Waals surface area contributed by atoms with Crippen molar-refractivity contribution in [1.82, 2.24) is 19.9 Å². The van der Waals surface area contributed by atoms with Gasteiger partial charge in [-0.25, -0.2) is 14.4 Å². The lowest BCUT2D eigenvalue weighted by Crippen LogP contribution is -2.07. The Kier molecular flexibility index (Phi) is 3.89. The molecule has 0 aliphatic carbocycles. The van der Waals surface area contributed by atoms with Crippen LogP contribution in [0.4, 0.5) is 10.2 Å². The lowest BCUT2D eigenvalue weighted by molar-refractivity contribution is -0.114. The quantitative estimate of drug-likeness (QED) is 0.591. The molecule has 0 saturated heterocycles. The van der Waals surface area contributed by atoms with Gasteiger partial charge >= 0.3 is 0 Å². The van der Waals surface area contributed by atoms with Crippen LogP contribution in [-0.4, -0.2) is 25.8 Å². The largest absolute Gasteiger partial charge is 0.337 e. The van der Waals surface area contributed by atoms with E-state index in [9.17, 15) is 9.18 Å². The van der Waals surface area contributed by atoms with E-state index in [1.807, 2.05) is 12.1 Å². The summed E-state index contributed by atoms with van der Waals surface area (Å²) in [4.78, 5) is 27.5. The van der Waals surface area contributed by atoms with Gasteiger partial charge in [0.2, 0.25) is 5.91 Å². The first-order chi connectivity index (χ1) is 12.6. The van der Waals surface area contributed by atoms with Gasteiger partial charge in [-0.3, -0.25) is 9.78 Å². The molecule has 0 unspecified atom stereocenters. The van der Waals surface area contributed by atoms with Gasteiger partial charge in [0.1, 0.15) is 11.3 Å². The normalized spacial score (nSPS) is 10.8. The standard InChI is InChI=1S/C19H14FN5O/c1-11(26)23-15-10-22-18-16(12-2-4-14(20)5-3-12)17(25-19(18)24-15)13-6-8-21-9-7-13/h2-10H,1H3,(H2,23,24,25,26). The zero-order valence-electron chi connectivity index (χ0n) is 13.8. The molecule has 2 N–H and O–H groups in total. The number of H-pyrrole nitrogens is 1. The topological polar surface area (TPSA) is 83.6 Å². The van der Waals surface area contributed by atoms with Gasteiger partial charge in [-0.05, 0) is 29.8 Å². The molecule has 1 amide bonds. The first-order valence-corrected chi connectivity index (χ1v) is 7.94. The second kappa shape index (κ2) is 6.36. The summed E-state index contributed by atoms with van der Waals surface area (Å²) in [6.07, 6.45) is 4.89. The molecule has 4 rings (SSSR count). The van der Waals surface area contributed by atoms with Crippen molar-refractivity contribution in [3.63, 3.8) is 0 Å². The third-order valence-electron chi connectivity index (χ3n) is 3.91. The fourth-order valence-electron chi connectivity index (χ4n) is 2.83. The molecule has 0 aliphatic heterocycles. The number of benzene rings is 1. The maximum Gasteiger partial charge on any atom is 0.222 e. The van der Waals surface area contributed by atoms with Crippen LogP contribution in [0.2, 0.25) is 0 Å². The van der Waals surface area contributed by atoms with E-state index in [4.69, 9.17) is 0 Å². The predicted octanol–water partition coefficient (Wildman–Crippen LogP) is 3.78. The van der Waals surface area contributed by atoms with Gasteiger partial charge in [0.25, 0.3) is 0 Å². The van der Waals surface area contributed by atoms with Crippen LogP contribution >= 0.6 is 0 Å². The molecule has 0 atom stereocenters. The number of rotatable bonds is 3. The summed E-state index contributed by atoms with van der Waals surface area (Å²) in [7, 11) is 0. The maximum absolute atomic E-state index is 13.4. The Balaban J connectivity index is 1.96. The van der Waals surface area contributed by atoms with E-state index >= 15 is 0 Å². The first-order valence-electron chi connectivity index (χ1n) is 7.94. The number of carbonyl (C=O) groups excluding carboxylic acids is 1. The highest BCUT2D eigenvalue weighted by atomic mass is 19.1. The predicted molar refractivity (Wildman–Crippen MR) is 96.8 cm³/mol. The molecule has 128 valence electrons. The third kappa shape index (κ3) is 2.90. The average molecular weight is 347 g/mol. The number of anilines is 1. The molecular formula is C19H14FN5O. The van der Waals surface area contributed by atoms with E-state index in [2.05, 4.69) is 25.3 Å². The Morgan fingerprint density at radius 1 is 1.08 bits per heavy atom. The minimum absolute atomic E-state index is 0.224. The van der Waals surface area contributed by atoms with E-state index < -0.39 is 0 Å². The molecule has 0 spiro atoms. The van der Waals surface area contributed by atoms with Crippen molar-refractivity contribution in [2.24, 2.45) is 0 Å². The van der Waals surface area contributed by atoms with Crippen molar-refractivity contribution in [2.45, 2.75) is 6.92 Å². The van der Waals surface area contributed by atoms with Crippen molar-refractivity contribution < 1.29 is 9.18 Å². The Hall–Kier alpha value is -3.61. The number of fused-ring (bicyclic) bond motifs is 1. The van der Waals surface area contributed by atoms with Gasteiger partial charge in [-0.1, -0.05) is 12.1 Å². The molecule has 0 aliphatic rings. The number of pyridine rings is 1. The fraction of sp³-hybridized carbons (Fsp3) is 0.0526. The van der Waals surface area contributed by atoms with Crippen molar-refractivity contribution in [1.29, 1.82) is 0 Å². The van der Waals surface area contributed by atoms with E-state index in [-0.39, 0.29) is 11.7 Å². The van der Waals surface area contributed by atoms with Crippen LogP contribution in [0.25, 0.3) is 33.5 Å². The number of halogens is 1. The highest BCUT2D eigenvalue weighted by molar-refractivity contribution is 6.00. The lowest BCUT2D eigenvalue weighted by Gasteiger charge is -2.05. The van der Waals surface area contributed by atoms with Crippen molar-refractivity contribution in [3.05, 3.63) is 60.8 Å². The van der Waals surface area contributed by atoms with Gasteiger partial charge in [0.05, 0.1) is 11.9 Å². The molecule has 0 saturated carbocycles. The van der Waals surface area contributed by atoms with Crippen LogP contribution in [0.5, 0.6) is 0 Å². The monoisotopic (exact) mass is 347 g/mol. The molecule has 6 nitrogen and oxygen atoms in total. The fourth-order valence-corrected chi connectivity index (χ4v) is 2.83. The summed E-state index contributed by atoms with van der Waals surface area (Å²) in [5, 5.41) is 2.62. The van der Waals surface area contributed by atoms with Crippen molar-refractivity contribution in [2.75, 3.05) is 5.32 Å². The van der Waals surface area contributed by atoms with E-state index in [0.717, 1.165) is 22.4 Å². The van der Waals surface area contributed by atoms with Crippen LogP contribution in [-0.2, 0) is 4.79 Å². The number of amides is 1. The van der Waals surface area contributed by atoms with Gasteiger partial charge < -0.3 is 10.3 Å². The molecule has 3 aromatic heterocycles. The summed E-state index contributed by atoms with van der Waals surface area (Å²) >= 11 is 0. The van der Waals surface area contributed by atoms with E-state index in [1.165, 1.54) is 25.3 Å². The number of hydrogen-bond donors (Lipinski definition) is 2. The molecule has 3 heterocycles. The number of aromatic nitrogens is 4. The average Bonchev–Trinajstić information content (AvgIpc) is 3.01. The summed E-state index contributed by atoms with van der Waals surface area (Å²) in [6.45, 7) is 1.41. The second-order valence-corrected chi connectivity index (χ2v) is 5.75. The molecule has 26 heavy (non-hydrogen) atoms. The van der Waals surface area contributed by atoms with Crippen LogP contribution in [0.1, 0.15) is 6.92 Å². The van der Waals surface area contributed by atoms with Crippen LogP contribution in [0, 0.1) is 5.82 Å². The minimum atomic E-state index is -0.307. The molecule has 0 fully saturated rings. The Labute approximate surface area is 148 Å². The van der Waals surface area contributed by atoms with Crippen molar-refractivity contribution in [3.8, 4) is 22.4 Å². The Bertz CT molecular complexity index is 1090. The minimum Gasteiger partial charge on any atom is -0.337 e. The van der Waals surface area contributed by atoms with Crippen LogP contribution < -0.4 is 5.32 Å². The second-order valence-electron chi connectivity index (χ2n) is 5.75. The van der Waals surface area contributed by atoms with Gasteiger partial charge in [-0.15, -0.1) is 0 Å². The highest BCUT2D eigenvalue weighted by Crippen LogP contribution is 2.36. The van der Waals surface area contributed by atoms with Gasteiger partial charge in [0, 0.05) is 30.4 Å². The molecule has 7 heteroatoms. The molecular weight excluding hydrogens is 333 g/mol. The highest BCUT2D eigenvalue weighted by Gasteiger charge is 2.18. The molecule has 0 radical (unpaired) electrons. The van der Waals surface area contributed by atoms with E-state index in [1.54, 1.807) is 24.5 Å². The SMILES string of the molecule is CC(=O)Nc1cnc2c(-c3ccc(F)cc3)c(-c3ccncc3)[nH]c2n1. The van der Waals surface area contributed by atoms with Crippen LogP contribution in [0.15, 0.2) is 55.0 Å². The Morgan fingerprint density at radius 3 is 2.50 bits per heavy atom. The maximum atomic E-state index is 13.4. The van der Waals surface area contributed by atoms with E-state index in [0.29, 0.717) is 17.0 Å². The van der Waals surface area contributed by atoms with Gasteiger partial charge in [0.15, 0.2) is 11.5 Å². The summed E-state index contributed by atoms with van der Waals surface area (Å²) in [6, 6.07) is 9.95.